The molecule has 2 heterocycles. The van der Waals surface area contributed by atoms with Crippen LogP contribution in [0.4, 0.5) is 18.9 Å². The van der Waals surface area contributed by atoms with Gasteiger partial charge < -0.3 is 87.9 Å². The minimum absolute atomic E-state index is 0. The number of halogens is 4. The predicted octanol–water partition coefficient (Wildman–Crippen LogP) is -2.21. The Hall–Kier alpha value is -5.83. The molecule has 2 aromatic carbocycles. The van der Waals surface area contributed by atoms with E-state index in [4.69, 9.17) is 54.2 Å². The summed E-state index contributed by atoms with van der Waals surface area (Å²) in [5, 5.41) is 49.3. The van der Waals surface area contributed by atoms with Crippen molar-refractivity contribution in [1.29, 1.82) is 5.26 Å². The third-order valence-corrected chi connectivity index (χ3v) is 13.4. The van der Waals surface area contributed by atoms with E-state index in [1.165, 1.54) is 30.1 Å². The van der Waals surface area contributed by atoms with Gasteiger partial charge in [-0.1, -0.05) is 23.7 Å². The van der Waals surface area contributed by atoms with E-state index in [1.54, 1.807) is 49.9 Å². The number of aromatic nitrogens is 1. The number of alkyl halides is 3. The van der Waals surface area contributed by atoms with Crippen LogP contribution in [0.5, 0.6) is 5.75 Å². The number of carboxylic acid groups (broad SMARTS) is 3. The number of hydrogen-bond donors (Lipinski definition) is 2. The fourth-order valence-corrected chi connectivity index (χ4v) is 8.69. The molecule has 1 fully saturated rings. The Balaban J connectivity index is 0.0000212. The van der Waals surface area contributed by atoms with Crippen LogP contribution in [0.1, 0.15) is 28.0 Å². The maximum absolute atomic E-state index is 13.6. The smallest absolute Gasteiger partial charge is 0.549 e. The average Bonchev–Trinajstić information content (AvgIpc) is 0.990. The van der Waals surface area contributed by atoms with Crippen LogP contribution in [0.15, 0.2) is 54.7 Å². The van der Waals surface area contributed by atoms with Crippen molar-refractivity contribution in [2.45, 2.75) is 12.6 Å². The second kappa shape index (κ2) is 45.4. The number of nitrogens with zero attached hydrogens (tertiary/aromatic N) is 7. The molecule has 1 aliphatic rings. The Kier molecular flexibility index (Phi) is 39.6. The zero-order chi connectivity index (χ0) is 64.7. The van der Waals surface area contributed by atoms with Crippen molar-refractivity contribution in [3.8, 4) is 22.9 Å². The molecule has 3 amide bonds. The number of carboxylic acids is 3. The molecule has 0 unspecified atom stereocenters. The summed E-state index contributed by atoms with van der Waals surface area (Å²) in [7, 11) is 1.51. The molecule has 0 aliphatic carbocycles. The number of para-hydroxylation sites is 2. The number of nitriles is 1. The molecule has 0 radical (unpaired) electrons. The summed E-state index contributed by atoms with van der Waals surface area (Å²) in [5.41, 5.74) is -0.879. The Labute approximate surface area is 544 Å². The molecule has 27 nitrogen and oxygen atoms in total. The fraction of sp³-hybridized carbons (Fsp3) is 0.586. The summed E-state index contributed by atoms with van der Waals surface area (Å²) in [6.07, 6.45) is -3.85. The molecule has 90 heavy (non-hydrogen) atoms. The van der Waals surface area contributed by atoms with Crippen molar-refractivity contribution >= 4 is 78.8 Å². The van der Waals surface area contributed by atoms with Crippen LogP contribution in [0.25, 0.3) is 11.1 Å². The van der Waals surface area contributed by atoms with E-state index in [9.17, 15) is 62.5 Å². The summed E-state index contributed by atoms with van der Waals surface area (Å²) >= 11 is 6.37. The maximum atomic E-state index is 13.6. The Morgan fingerprint density at radius 2 is 0.978 bits per heavy atom. The van der Waals surface area contributed by atoms with Gasteiger partial charge in [-0.3, -0.25) is 39.0 Å². The number of rotatable bonds is 42. The first-order valence-corrected chi connectivity index (χ1v) is 29.1. The van der Waals surface area contributed by atoms with Gasteiger partial charge in [-0.2, -0.15) is 18.4 Å². The number of pyridine rings is 1. The van der Waals surface area contributed by atoms with Gasteiger partial charge in [-0.15, -0.1) is 0 Å². The van der Waals surface area contributed by atoms with E-state index in [0.717, 1.165) is 6.20 Å². The number of carbonyl (C=O) groups excluding carboxylic acids is 6. The maximum Gasteiger partial charge on any atom is 3.00 e. The molecule has 0 spiro atoms. The topological polar surface area (TPSA) is 332 Å². The van der Waals surface area contributed by atoms with Gasteiger partial charge in [0.2, 0.25) is 11.8 Å². The van der Waals surface area contributed by atoms with Gasteiger partial charge in [0.1, 0.15) is 11.4 Å². The third-order valence-electron chi connectivity index (χ3n) is 13.0. The van der Waals surface area contributed by atoms with Crippen molar-refractivity contribution < 1.29 is 99.9 Å². The van der Waals surface area contributed by atoms with Crippen LogP contribution in [0.2, 0.25) is 5.02 Å². The SMILES string of the molecule is CN(C(=O)c1ccc(Cl)c(-c2cnc(C(F)(F)F)cc2C#N)c1)c1ccccc1OCCC(=O)NCCOCCOCCOCCOCCOCCOCCOCCOCCNC(=O)CN1CCN(CC(=O)[O-])CCN(CC(=O)[O-])CCN(CC(=O)[O-])CC1.[In+3]. The fourth-order valence-electron chi connectivity index (χ4n) is 8.47. The standard InChI is InChI=1S/C58H81ClF3N9O18.In/c1-67(57(80)44-6-7-48(59)46(36-44)47-39-66-51(58(60,61)62)37-45(47)38-63)49-4-2-3-5-50(49)89-19-8-52(72)64-9-20-81-22-24-83-26-28-85-30-32-87-34-35-88-33-31-86-29-27-84-25-23-82-21-10-65-53(73)40-68-11-13-69(41-54(74)75)15-17-71(43-56(78)79)18-16-70(14-12-68)42-55(76)77;/h2-7,36-37,39H,8-35,40-43H2,1H3,(H,64,72)(H,65,73)(H,74,75)(H,76,77)(H,78,79);/q;+3/p-3. The summed E-state index contributed by atoms with van der Waals surface area (Å²) in [6, 6.07) is 13.3. The van der Waals surface area contributed by atoms with Gasteiger partial charge in [0.05, 0.1) is 161 Å². The zero-order valence-corrected chi connectivity index (χ0v) is 54.4. The molecule has 4 rings (SSSR count). The largest absolute Gasteiger partial charge is 3.00 e. The van der Waals surface area contributed by atoms with Crippen molar-refractivity contribution in [1.82, 2.24) is 35.2 Å². The van der Waals surface area contributed by atoms with Gasteiger partial charge in [0, 0.05) is 120 Å². The van der Waals surface area contributed by atoms with E-state index in [2.05, 4.69) is 15.6 Å². The molecule has 0 saturated carbocycles. The molecule has 0 bridgehead atoms. The normalized spacial score (nSPS) is 13.9. The number of anilines is 1. The number of amides is 3. The van der Waals surface area contributed by atoms with E-state index in [-0.39, 0.29) is 176 Å². The minimum atomic E-state index is -4.76. The molecule has 32 heteroatoms. The van der Waals surface area contributed by atoms with Crippen molar-refractivity contribution in [3.63, 3.8) is 0 Å². The first-order chi connectivity index (χ1) is 42.8. The van der Waals surface area contributed by atoms with Crippen LogP contribution >= 0.6 is 11.6 Å². The Morgan fingerprint density at radius 1 is 0.578 bits per heavy atom. The first-order valence-electron chi connectivity index (χ1n) is 28.8. The van der Waals surface area contributed by atoms with Gasteiger partial charge in [-0.25, -0.2) is 0 Å². The summed E-state index contributed by atoms with van der Waals surface area (Å²) in [6.45, 7) is 6.59. The zero-order valence-electron chi connectivity index (χ0n) is 50.4. The molecule has 494 valence electrons. The number of ether oxygens (including phenoxy) is 9. The molecule has 0 atom stereocenters. The molecule has 3 aromatic rings. The third kappa shape index (κ3) is 33.0. The molecule has 2 N–H and O–H groups in total. The van der Waals surface area contributed by atoms with Crippen LogP contribution in [0.3, 0.4) is 0 Å². The van der Waals surface area contributed by atoms with Gasteiger partial charge >= 0.3 is 32.0 Å². The van der Waals surface area contributed by atoms with Crippen LogP contribution in [-0.2, 0) is 68.0 Å². The summed E-state index contributed by atoms with van der Waals surface area (Å²) in [5.74, 6) is -4.68. The molecule has 1 aromatic heterocycles. The van der Waals surface area contributed by atoms with Gasteiger partial charge in [-0.05, 0) is 36.4 Å². The van der Waals surface area contributed by atoms with E-state index < -0.39 is 42.2 Å². The van der Waals surface area contributed by atoms with Crippen LogP contribution < -0.4 is 35.6 Å². The van der Waals surface area contributed by atoms with Gasteiger partial charge in [0.25, 0.3) is 5.91 Å². The number of benzene rings is 2. The Bertz CT molecular complexity index is 2660. The molecular formula is C58H78ClF3InN9O18. The molecule has 1 aliphatic heterocycles. The van der Waals surface area contributed by atoms with E-state index in [1.807, 2.05) is 0 Å². The molecular weight excluding hydrogens is 1320 g/mol. The monoisotopic (exact) mass is 1400 g/mol. The number of hydrogen-bond acceptors (Lipinski definition) is 24. The van der Waals surface area contributed by atoms with Crippen LogP contribution in [-0.4, -0.2) is 297 Å². The first kappa shape index (κ1) is 78.4. The molecule has 1 saturated heterocycles. The average molecular weight is 1400 g/mol. The summed E-state index contributed by atoms with van der Waals surface area (Å²) in [4.78, 5) is 84.3. The second-order valence-corrected chi connectivity index (χ2v) is 20.1. The van der Waals surface area contributed by atoms with E-state index >= 15 is 0 Å². The van der Waals surface area contributed by atoms with Crippen LogP contribution in [0, 0.1) is 11.3 Å². The minimum Gasteiger partial charge on any atom is -0.549 e. The van der Waals surface area contributed by atoms with E-state index in [0.29, 0.717) is 110 Å². The van der Waals surface area contributed by atoms with Crippen molar-refractivity contribution in [2.75, 3.05) is 216 Å². The number of nitrogens with one attached hydrogen (secondary N) is 2. The van der Waals surface area contributed by atoms with Gasteiger partial charge in [0.15, 0.2) is 0 Å². The van der Waals surface area contributed by atoms with Crippen molar-refractivity contribution in [3.05, 3.63) is 76.6 Å². The second-order valence-electron chi connectivity index (χ2n) is 19.7. The predicted molar refractivity (Wildman–Crippen MR) is 313 cm³/mol. The number of carbonyl (C=O) groups is 6. The Morgan fingerprint density at radius 3 is 1.39 bits per heavy atom. The summed E-state index contributed by atoms with van der Waals surface area (Å²) < 4.78 is 89.8. The van der Waals surface area contributed by atoms with Crippen molar-refractivity contribution in [2.24, 2.45) is 0 Å². The number of aliphatic carboxylic acids is 3. The quantitative estimate of drug-likeness (QED) is 0.0568.